The molecule has 0 aliphatic carbocycles. The fraction of sp³-hybridized carbons (Fsp3) is 0.462. The lowest BCUT2D eigenvalue weighted by atomic mass is 10.2. The van der Waals surface area contributed by atoms with Gasteiger partial charge in [0.15, 0.2) is 0 Å². The molecule has 1 aliphatic rings. The first kappa shape index (κ1) is 17.1. The smallest absolute Gasteiger partial charge is 0.242 e. The van der Waals surface area contributed by atoms with Crippen molar-refractivity contribution in [2.24, 2.45) is 0 Å². The molecule has 1 aromatic carbocycles. The van der Waals surface area contributed by atoms with Crippen LogP contribution in [0.1, 0.15) is 0 Å². The van der Waals surface area contributed by atoms with Gasteiger partial charge in [0.1, 0.15) is 12.4 Å². The van der Waals surface area contributed by atoms with Gasteiger partial charge in [-0.2, -0.15) is 0 Å². The van der Waals surface area contributed by atoms with Gasteiger partial charge in [-0.15, -0.1) is 24.2 Å². The van der Waals surface area contributed by atoms with Crippen LogP contribution in [0, 0.1) is 0 Å². The summed E-state index contributed by atoms with van der Waals surface area (Å²) < 4.78 is 10.4. The number of thioether (sulfide) groups is 1. The second-order valence-corrected chi connectivity index (χ2v) is 5.16. The largest absolute Gasteiger partial charge is 0.491 e. The molecule has 1 aliphatic heterocycles. The standard InChI is InChI=1S/C13H18N2O3S.ClH/c1-17-6-7-18-11-4-2-10(3-5-11)15-13(16)12-8-19-9-14-12;/h2-5,12,14H,6-9H2,1H3,(H,15,16);1H. The van der Waals surface area contributed by atoms with E-state index in [0.717, 1.165) is 23.1 Å². The van der Waals surface area contributed by atoms with Crippen LogP contribution in [0.15, 0.2) is 24.3 Å². The molecule has 1 atom stereocenters. The predicted octanol–water partition coefficient (Wildman–Crippen LogP) is 1.73. The van der Waals surface area contributed by atoms with Gasteiger partial charge in [0, 0.05) is 24.4 Å². The highest BCUT2D eigenvalue weighted by Crippen LogP contribution is 2.17. The van der Waals surface area contributed by atoms with Crippen LogP contribution in [0.5, 0.6) is 5.75 Å². The Morgan fingerprint density at radius 2 is 2.15 bits per heavy atom. The van der Waals surface area contributed by atoms with Crippen LogP contribution in [0.3, 0.4) is 0 Å². The Labute approximate surface area is 129 Å². The normalized spacial score (nSPS) is 17.4. The number of nitrogens with one attached hydrogen (secondary N) is 2. The van der Waals surface area contributed by atoms with Crippen LogP contribution < -0.4 is 15.4 Å². The number of ether oxygens (including phenoxy) is 2. The van der Waals surface area contributed by atoms with Crippen molar-refractivity contribution < 1.29 is 14.3 Å². The number of hydrogen-bond acceptors (Lipinski definition) is 5. The molecule has 1 saturated heterocycles. The first-order valence-electron chi connectivity index (χ1n) is 6.13. The number of anilines is 1. The van der Waals surface area contributed by atoms with Crippen LogP contribution in [-0.4, -0.2) is 43.9 Å². The second-order valence-electron chi connectivity index (χ2n) is 4.13. The lowest BCUT2D eigenvalue weighted by Crippen LogP contribution is -2.37. The molecule has 0 saturated carbocycles. The maximum Gasteiger partial charge on any atom is 0.242 e. The number of rotatable bonds is 6. The Bertz CT molecular complexity index is 411. The van der Waals surface area contributed by atoms with E-state index in [-0.39, 0.29) is 24.4 Å². The molecule has 5 nitrogen and oxygen atoms in total. The summed E-state index contributed by atoms with van der Waals surface area (Å²) in [5.74, 6) is 2.44. The van der Waals surface area contributed by atoms with Gasteiger partial charge in [-0.3, -0.25) is 10.1 Å². The Morgan fingerprint density at radius 3 is 2.75 bits per heavy atom. The van der Waals surface area contributed by atoms with Crippen molar-refractivity contribution >= 4 is 35.8 Å². The molecule has 2 rings (SSSR count). The Balaban J connectivity index is 0.00000200. The van der Waals surface area contributed by atoms with Gasteiger partial charge in [0.05, 0.1) is 12.6 Å². The Kier molecular flexibility index (Phi) is 7.76. The maximum atomic E-state index is 11.9. The molecule has 0 radical (unpaired) electrons. The van der Waals surface area contributed by atoms with Gasteiger partial charge in [-0.1, -0.05) is 0 Å². The summed E-state index contributed by atoms with van der Waals surface area (Å²) in [7, 11) is 1.64. The van der Waals surface area contributed by atoms with Crippen molar-refractivity contribution in [1.82, 2.24) is 5.32 Å². The third kappa shape index (κ3) is 5.20. The molecule has 0 spiro atoms. The molecule has 1 heterocycles. The van der Waals surface area contributed by atoms with Crippen molar-refractivity contribution in [2.75, 3.05) is 37.3 Å². The third-order valence-corrected chi connectivity index (χ3v) is 3.65. The minimum atomic E-state index is -0.0948. The van der Waals surface area contributed by atoms with Crippen LogP contribution in [0.4, 0.5) is 5.69 Å². The molecular weight excluding hydrogens is 300 g/mol. The summed E-state index contributed by atoms with van der Waals surface area (Å²) in [6, 6.07) is 7.25. The zero-order valence-corrected chi connectivity index (χ0v) is 12.9. The van der Waals surface area contributed by atoms with E-state index in [2.05, 4.69) is 10.6 Å². The van der Waals surface area contributed by atoms with Crippen LogP contribution in [0.25, 0.3) is 0 Å². The Hall–Kier alpha value is -0.950. The Morgan fingerprint density at radius 1 is 1.40 bits per heavy atom. The number of amides is 1. The van der Waals surface area contributed by atoms with Gasteiger partial charge < -0.3 is 14.8 Å². The van der Waals surface area contributed by atoms with Crippen molar-refractivity contribution in [1.29, 1.82) is 0 Å². The van der Waals surface area contributed by atoms with Crippen molar-refractivity contribution in [3.8, 4) is 5.75 Å². The van der Waals surface area contributed by atoms with E-state index < -0.39 is 0 Å². The SMILES string of the molecule is COCCOc1ccc(NC(=O)C2CSCN2)cc1.Cl. The van der Waals surface area contributed by atoms with Gasteiger partial charge in [-0.05, 0) is 24.3 Å². The topological polar surface area (TPSA) is 59.6 Å². The molecule has 112 valence electrons. The molecule has 1 fully saturated rings. The molecule has 7 heteroatoms. The second kappa shape index (κ2) is 9.07. The zero-order chi connectivity index (χ0) is 13.5. The van der Waals surface area contributed by atoms with Crippen LogP contribution >= 0.6 is 24.2 Å². The number of halogens is 1. The summed E-state index contributed by atoms with van der Waals surface area (Å²) in [5, 5.41) is 6.02. The minimum absolute atomic E-state index is 0. The minimum Gasteiger partial charge on any atom is -0.491 e. The first-order valence-corrected chi connectivity index (χ1v) is 7.29. The molecule has 0 aromatic heterocycles. The van der Waals surface area contributed by atoms with E-state index in [1.807, 2.05) is 24.3 Å². The van der Waals surface area contributed by atoms with E-state index in [1.165, 1.54) is 0 Å². The van der Waals surface area contributed by atoms with Gasteiger partial charge >= 0.3 is 0 Å². The van der Waals surface area contributed by atoms with E-state index in [9.17, 15) is 4.79 Å². The monoisotopic (exact) mass is 318 g/mol. The number of methoxy groups -OCH3 is 1. The molecule has 0 bridgehead atoms. The van der Waals surface area contributed by atoms with Crippen LogP contribution in [0.2, 0.25) is 0 Å². The number of hydrogen-bond donors (Lipinski definition) is 2. The number of carbonyl (C=O) groups is 1. The van der Waals surface area contributed by atoms with E-state index in [4.69, 9.17) is 9.47 Å². The zero-order valence-electron chi connectivity index (χ0n) is 11.3. The van der Waals surface area contributed by atoms with Gasteiger partial charge in [0.25, 0.3) is 0 Å². The van der Waals surface area contributed by atoms with Crippen LogP contribution in [-0.2, 0) is 9.53 Å². The number of carbonyl (C=O) groups excluding carboxylic acids is 1. The van der Waals surface area contributed by atoms with E-state index in [0.29, 0.717) is 13.2 Å². The lowest BCUT2D eigenvalue weighted by molar-refractivity contribution is -0.117. The third-order valence-electron chi connectivity index (χ3n) is 2.71. The highest BCUT2D eigenvalue weighted by atomic mass is 35.5. The molecule has 1 aromatic rings. The molecule has 20 heavy (non-hydrogen) atoms. The lowest BCUT2D eigenvalue weighted by Gasteiger charge is -2.11. The predicted molar refractivity (Wildman–Crippen MR) is 83.9 cm³/mol. The molecule has 1 unspecified atom stereocenters. The molecular formula is C13H19ClN2O3S. The quantitative estimate of drug-likeness (QED) is 0.782. The summed E-state index contributed by atoms with van der Waals surface area (Å²) in [5.41, 5.74) is 0.780. The summed E-state index contributed by atoms with van der Waals surface area (Å²) in [4.78, 5) is 11.9. The average Bonchev–Trinajstić information content (AvgIpc) is 2.95. The van der Waals surface area contributed by atoms with E-state index in [1.54, 1.807) is 18.9 Å². The van der Waals surface area contributed by atoms with Crippen molar-refractivity contribution in [2.45, 2.75) is 6.04 Å². The summed E-state index contributed by atoms with van der Waals surface area (Å²) in [6.07, 6.45) is 0. The summed E-state index contributed by atoms with van der Waals surface area (Å²) in [6.45, 7) is 1.08. The average molecular weight is 319 g/mol. The number of benzene rings is 1. The first-order chi connectivity index (χ1) is 9.29. The van der Waals surface area contributed by atoms with Crippen molar-refractivity contribution in [3.05, 3.63) is 24.3 Å². The highest BCUT2D eigenvalue weighted by Gasteiger charge is 2.22. The van der Waals surface area contributed by atoms with Gasteiger partial charge in [0.2, 0.25) is 5.91 Å². The maximum absolute atomic E-state index is 11.9. The van der Waals surface area contributed by atoms with E-state index >= 15 is 0 Å². The van der Waals surface area contributed by atoms with Gasteiger partial charge in [-0.25, -0.2) is 0 Å². The highest BCUT2D eigenvalue weighted by molar-refractivity contribution is 7.99. The fourth-order valence-electron chi connectivity index (χ4n) is 1.67. The molecule has 2 N–H and O–H groups in total. The van der Waals surface area contributed by atoms with Crippen molar-refractivity contribution in [3.63, 3.8) is 0 Å². The summed E-state index contributed by atoms with van der Waals surface area (Å²) >= 11 is 1.73. The molecule has 1 amide bonds. The fourth-order valence-corrected chi connectivity index (χ4v) is 2.61.